The van der Waals surface area contributed by atoms with Gasteiger partial charge in [-0.3, -0.25) is 4.79 Å². The largest absolute Gasteiger partial charge is 0.478 e. The van der Waals surface area contributed by atoms with Crippen LogP contribution in [0.5, 0.6) is 0 Å². The number of aromatic nitrogens is 2. The molecule has 1 heterocycles. The van der Waals surface area contributed by atoms with Crippen LogP contribution in [0, 0.1) is 5.82 Å². The van der Waals surface area contributed by atoms with Crippen molar-refractivity contribution < 1.29 is 19.4 Å². The number of halogens is 1. The highest BCUT2D eigenvalue weighted by Gasteiger charge is 2.11. The van der Waals surface area contributed by atoms with E-state index in [1.807, 2.05) is 0 Å². The zero-order valence-corrected chi connectivity index (χ0v) is 13.6. The molecule has 0 atom stereocenters. The van der Waals surface area contributed by atoms with Crippen molar-refractivity contribution in [1.82, 2.24) is 9.78 Å². The summed E-state index contributed by atoms with van der Waals surface area (Å²) in [6.45, 7) is -0.190. The van der Waals surface area contributed by atoms with Gasteiger partial charge in [-0.25, -0.2) is 13.9 Å². The number of aromatic carboxylic acids is 1. The summed E-state index contributed by atoms with van der Waals surface area (Å²) >= 11 is 0. The van der Waals surface area contributed by atoms with Crippen LogP contribution >= 0.6 is 0 Å². The molecule has 2 aromatic carbocycles. The van der Waals surface area contributed by atoms with Crippen molar-refractivity contribution >= 4 is 5.97 Å². The lowest BCUT2D eigenvalue weighted by Crippen LogP contribution is -2.23. The molecule has 0 radical (unpaired) electrons. The van der Waals surface area contributed by atoms with Crippen LogP contribution < -0.4 is 5.56 Å². The van der Waals surface area contributed by atoms with Crippen LogP contribution in [0.25, 0.3) is 11.3 Å². The van der Waals surface area contributed by atoms with Crippen LogP contribution in [0.1, 0.15) is 21.5 Å². The average molecular weight is 354 g/mol. The minimum atomic E-state index is -1.07. The maximum absolute atomic E-state index is 14.1. The zero-order chi connectivity index (χ0) is 18.7. The molecule has 6 nitrogen and oxygen atoms in total. The minimum absolute atomic E-state index is 0.0507. The number of carbonyl (C=O) groups is 1. The highest BCUT2D eigenvalue weighted by atomic mass is 19.1. The molecular formula is C19H15FN2O4. The Labute approximate surface area is 147 Å². The Morgan fingerprint density at radius 2 is 1.88 bits per heavy atom. The molecule has 0 spiro atoms. The van der Waals surface area contributed by atoms with E-state index in [4.69, 9.17) is 5.11 Å². The number of rotatable bonds is 5. The van der Waals surface area contributed by atoms with Crippen LogP contribution in [0.3, 0.4) is 0 Å². The fourth-order valence-electron chi connectivity index (χ4n) is 2.55. The standard InChI is InChI=1S/C19H15FN2O4/c20-16-5-4-13(11-23)9-15(16)17-6-7-18(24)22(21-17)10-12-2-1-3-14(8-12)19(25)26/h1-9,23H,10-11H2,(H,25,26). The third-order valence-electron chi connectivity index (χ3n) is 3.86. The second-order valence-electron chi connectivity index (χ2n) is 5.69. The first-order chi connectivity index (χ1) is 12.5. The summed E-state index contributed by atoms with van der Waals surface area (Å²) in [6.07, 6.45) is 0. The molecule has 0 aliphatic heterocycles. The van der Waals surface area contributed by atoms with Gasteiger partial charge in [0.25, 0.3) is 5.56 Å². The van der Waals surface area contributed by atoms with Crippen LogP contribution in [-0.2, 0) is 13.2 Å². The van der Waals surface area contributed by atoms with Crippen LogP contribution in [0.2, 0.25) is 0 Å². The summed E-state index contributed by atoms with van der Waals surface area (Å²) in [5.74, 6) is -1.59. The molecule has 132 valence electrons. The summed E-state index contributed by atoms with van der Waals surface area (Å²) < 4.78 is 15.3. The third-order valence-corrected chi connectivity index (χ3v) is 3.86. The number of aliphatic hydroxyl groups excluding tert-OH is 1. The predicted octanol–water partition coefficient (Wildman–Crippen LogP) is 2.29. The Morgan fingerprint density at radius 3 is 2.62 bits per heavy atom. The Kier molecular flexibility index (Phi) is 4.90. The molecule has 2 N–H and O–H groups in total. The Bertz CT molecular complexity index is 1030. The van der Waals surface area contributed by atoms with Crippen molar-refractivity contribution in [2.75, 3.05) is 0 Å². The van der Waals surface area contributed by atoms with Crippen molar-refractivity contribution in [3.63, 3.8) is 0 Å². The quantitative estimate of drug-likeness (QED) is 0.733. The Hall–Kier alpha value is -3.32. The van der Waals surface area contributed by atoms with Gasteiger partial charge in [0.1, 0.15) is 5.82 Å². The van der Waals surface area contributed by atoms with Gasteiger partial charge in [-0.05, 0) is 41.5 Å². The van der Waals surface area contributed by atoms with Crippen molar-refractivity contribution in [2.24, 2.45) is 0 Å². The number of nitrogens with zero attached hydrogens (tertiary/aromatic N) is 2. The lowest BCUT2D eigenvalue weighted by Gasteiger charge is -2.09. The molecule has 0 unspecified atom stereocenters. The maximum atomic E-state index is 14.1. The van der Waals surface area contributed by atoms with E-state index < -0.39 is 17.3 Å². The Balaban J connectivity index is 2.00. The number of carboxylic acids is 1. The number of hydrogen-bond acceptors (Lipinski definition) is 4. The number of benzene rings is 2. The van der Waals surface area contributed by atoms with E-state index in [1.165, 1.54) is 42.5 Å². The van der Waals surface area contributed by atoms with Crippen molar-refractivity contribution in [1.29, 1.82) is 0 Å². The van der Waals surface area contributed by atoms with Crippen molar-refractivity contribution in [3.8, 4) is 11.3 Å². The van der Waals surface area contributed by atoms with E-state index in [-0.39, 0.29) is 30.0 Å². The molecule has 3 aromatic rings. The van der Waals surface area contributed by atoms with E-state index >= 15 is 0 Å². The second-order valence-corrected chi connectivity index (χ2v) is 5.69. The number of carboxylic acid groups (broad SMARTS) is 1. The van der Waals surface area contributed by atoms with E-state index in [2.05, 4.69) is 5.10 Å². The Morgan fingerprint density at radius 1 is 1.08 bits per heavy atom. The van der Waals surface area contributed by atoms with Gasteiger partial charge in [-0.2, -0.15) is 5.10 Å². The molecular weight excluding hydrogens is 339 g/mol. The highest BCUT2D eigenvalue weighted by molar-refractivity contribution is 5.87. The van der Waals surface area contributed by atoms with Gasteiger partial charge < -0.3 is 10.2 Å². The minimum Gasteiger partial charge on any atom is -0.478 e. The van der Waals surface area contributed by atoms with Gasteiger partial charge in [0.05, 0.1) is 24.4 Å². The lowest BCUT2D eigenvalue weighted by molar-refractivity contribution is 0.0696. The smallest absolute Gasteiger partial charge is 0.335 e. The zero-order valence-electron chi connectivity index (χ0n) is 13.6. The van der Waals surface area contributed by atoms with E-state index in [9.17, 15) is 19.1 Å². The average Bonchev–Trinajstić information content (AvgIpc) is 2.64. The van der Waals surface area contributed by atoms with E-state index in [1.54, 1.807) is 12.1 Å². The summed E-state index contributed by atoms with van der Waals surface area (Å²) in [6, 6.07) is 13.0. The topological polar surface area (TPSA) is 92.4 Å². The molecule has 3 rings (SSSR count). The van der Waals surface area contributed by atoms with Gasteiger partial charge in [0.15, 0.2) is 0 Å². The first kappa shape index (κ1) is 17.5. The molecule has 7 heteroatoms. The SMILES string of the molecule is O=C(O)c1cccc(Cn2nc(-c3cc(CO)ccc3F)ccc2=O)c1. The van der Waals surface area contributed by atoms with Gasteiger partial charge >= 0.3 is 5.97 Å². The summed E-state index contributed by atoms with van der Waals surface area (Å²) in [4.78, 5) is 23.1. The van der Waals surface area contributed by atoms with Crippen LogP contribution in [0.4, 0.5) is 4.39 Å². The van der Waals surface area contributed by atoms with E-state index in [0.29, 0.717) is 11.1 Å². The monoisotopic (exact) mass is 354 g/mol. The molecule has 0 aliphatic rings. The third kappa shape index (κ3) is 3.68. The molecule has 0 amide bonds. The summed E-state index contributed by atoms with van der Waals surface area (Å²) in [7, 11) is 0. The van der Waals surface area contributed by atoms with Gasteiger partial charge in [0, 0.05) is 11.6 Å². The first-order valence-corrected chi connectivity index (χ1v) is 7.78. The molecule has 1 aromatic heterocycles. The van der Waals surface area contributed by atoms with Crippen LogP contribution in [0.15, 0.2) is 59.4 Å². The van der Waals surface area contributed by atoms with Crippen molar-refractivity contribution in [2.45, 2.75) is 13.2 Å². The van der Waals surface area contributed by atoms with E-state index in [0.717, 1.165) is 4.68 Å². The molecule has 0 aliphatic carbocycles. The molecule has 0 bridgehead atoms. The van der Waals surface area contributed by atoms with Gasteiger partial charge in [0.2, 0.25) is 0 Å². The first-order valence-electron chi connectivity index (χ1n) is 7.78. The molecule has 0 saturated carbocycles. The lowest BCUT2D eigenvalue weighted by atomic mass is 10.1. The van der Waals surface area contributed by atoms with Crippen LogP contribution in [-0.4, -0.2) is 26.0 Å². The van der Waals surface area contributed by atoms with Gasteiger partial charge in [-0.15, -0.1) is 0 Å². The molecule has 0 saturated heterocycles. The van der Waals surface area contributed by atoms with Gasteiger partial charge in [-0.1, -0.05) is 18.2 Å². The number of hydrogen-bond donors (Lipinski definition) is 2. The normalized spacial score (nSPS) is 10.7. The van der Waals surface area contributed by atoms with Crippen molar-refractivity contribution in [3.05, 3.63) is 87.5 Å². The molecule has 0 fully saturated rings. The second kappa shape index (κ2) is 7.28. The maximum Gasteiger partial charge on any atom is 0.335 e. The summed E-state index contributed by atoms with van der Waals surface area (Å²) in [5, 5.41) is 22.5. The fraction of sp³-hybridized carbons (Fsp3) is 0.105. The predicted molar refractivity (Wildman–Crippen MR) is 92.3 cm³/mol. The summed E-state index contributed by atoms with van der Waals surface area (Å²) in [5.41, 5.74) is 1.23. The molecule has 26 heavy (non-hydrogen) atoms. The highest BCUT2D eigenvalue weighted by Crippen LogP contribution is 2.21. The number of aliphatic hydroxyl groups is 1. The fourth-order valence-corrected chi connectivity index (χ4v) is 2.55.